The summed E-state index contributed by atoms with van der Waals surface area (Å²) in [4.78, 5) is 14.7. The molecule has 110 valence electrons. The molecule has 0 bridgehead atoms. The van der Waals surface area contributed by atoms with Crippen molar-refractivity contribution in [2.45, 2.75) is 64.6 Å². The van der Waals surface area contributed by atoms with Crippen LogP contribution in [-0.2, 0) is 9.53 Å². The Kier molecular flexibility index (Phi) is 4.85. The number of nitrogens with zero attached hydrogens (tertiary/aromatic N) is 1. The van der Waals surface area contributed by atoms with Crippen molar-refractivity contribution in [1.29, 1.82) is 0 Å². The van der Waals surface area contributed by atoms with Gasteiger partial charge in [0.25, 0.3) is 0 Å². The van der Waals surface area contributed by atoms with E-state index >= 15 is 0 Å². The van der Waals surface area contributed by atoms with Crippen molar-refractivity contribution in [3.8, 4) is 0 Å². The predicted octanol–water partition coefficient (Wildman–Crippen LogP) is 2.14. The molecule has 0 aromatic heterocycles. The number of hydrogen-bond acceptors (Lipinski definition) is 3. The summed E-state index contributed by atoms with van der Waals surface area (Å²) < 4.78 is 5.43. The lowest BCUT2D eigenvalue weighted by Gasteiger charge is -2.28. The molecule has 2 unspecified atom stereocenters. The fraction of sp³-hybridized carbons (Fsp3) is 0.933. The van der Waals surface area contributed by atoms with Crippen molar-refractivity contribution in [1.82, 2.24) is 10.2 Å². The van der Waals surface area contributed by atoms with Gasteiger partial charge >= 0.3 is 0 Å². The van der Waals surface area contributed by atoms with Crippen LogP contribution < -0.4 is 5.32 Å². The van der Waals surface area contributed by atoms with E-state index in [1.807, 2.05) is 18.7 Å². The Labute approximate surface area is 116 Å². The van der Waals surface area contributed by atoms with Gasteiger partial charge in [0.05, 0.1) is 18.3 Å². The molecular formula is C15H28N2O2. The first-order valence-electron chi connectivity index (χ1n) is 7.79. The molecule has 0 spiro atoms. The molecule has 2 aliphatic rings. The second-order valence-corrected chi connectivity index (χ2v) is 6.01. The Morgan fingerprint density at radius 3 is 2.63 bits per heavy atom. The van der Waals surface area contributed by atoms with E-state index in [-0.39, 0.29) is 17.6 Å². The number of rotatable bonds is 6. The molecule has 4 heteroatoms. The number of carbonyl (C=O) groups is 1. The quantitative estimate of drug-likeness (QED) is 0.750. The Morgan fingerprint density at radius 2 is 2.05 bits per heavy atom. The van der Waals surface area contributed by atoms with Crippen LogP contribution in [0.4, 0.5) is 0 Å². The van der Waals surface area contributed by atoms with Crippen LogP contribution in [0.5, 0.6) is 0 Å². The van der Waals surface area contributed by atoms with Gasteiger partial charge in [0.2, 0.25) is 5.91 Å². The fourth-order valence-corrected chi connectivity index (χ4v) is 3.36. The van der Waals surface area contributed by atoms with Crippen LogP contribution in [-0.4, -0.2) is 42.3 Å². The van der Waals surface area contributed by atoms with Crippen LogP contribution in [0.3, 0.4) is 0 Å². The lowest BCUT2D eigenvalue weighted by atomic mass is 9.99. The minimum absolute atomic E-state index is 0.223. The van der Waals surface area contributed by atoms with Crippen LogP contribution in [0.15, 0.2) is 0 Å². The van der Waals surface area contributed by atoms with Gasteiger partial charge in [-0.1, -0.05) is 19.8 Å². The summed E-state index contributed by atoms with van der Waals surface area (Å²) in [5.41, 5.74) is -0.376. The van der Waals surface area contributed by atoms with Gasteiger partial charge in [-0.05, 0) is 39.0 Å². The molecule has 4 nitrogen and oxygen atoms in total. The molecule has 0 aromatic carbocycles. The van der Waals surface area contributed by atoms with Gasteiger partial charge in [-0.3, -0.25) is 10.1 Å². The maximum Gasteiger partial charge on any atom is 0.243 e. The summed E-state index contributed by atoms with van der Waals surface area (Å²) in [6.07, 6.45) is 6.17. The van der Waals surface area contributed by atoms with Crippen LogP contribution in [0.1, 0.15) is 52.9 Å². The van der Waals surface area contributed by atoms with E-state index in [9.17, 15) is 4.79 Å². The average Bonchev–Trinajstić information content (AvgIpc) is 3.01. The van der Waals surface area contributed by atoms with Crippen molar-refractivity contribution in [2.75, 3.05) is 19.8 Å². The average molecular weight is 268 g/mol. The van der Waals surface area contributed by atoms with E-state index in [0.717, 1.165) is 13.0 Å². The summed E-state index contributed by atoms with van der Waals surface area (Å²) >= 11 is 0. The zero-order chi connectivity index (χ0) is 13.9. The van der Waals surface area contributed by atoms with Gasteiger partial charge in [0, 0.05) is 13.2 Å². The fourth-order valence-electron chi connectivity index (χ4n) is 3.36. The van der Waals surface area contributed by atoms with Gasteiger partial charge < -0.3 is 9.64 Å². The van der Waals surface area contributed by atoms with E-state index in [1.165, 1.54) is 25.7 Å². The molecule has 1 N–H and O–H groups in total. The topological polar surface area (TPSA) is 41.6 Å². The van der Waals surface area contributed by atoms with Crippen LogP contribution in [0.2, 0.25) is 0 Å². The smallest absolute Gasteiger partial charge is 0.243 e. The highest BCUT2D eigenvalue weighted by Gasteiger charge is 2.49. The van der Waals surface area contributed by atoms with Crippen molar-refractivity contribution < 1.29 is 9.53 Å². The predicted molar refractivity (Wildman–Crippen MR) is 75.8 cm³/mol. The second kappa shape index (κ2) is 6.23. The first-order valence-corrected chi connectivity index (χ1v) is 7.79. The molecular weight excluding hydrogens is 240 g/mol. The minimum atomic E-state index is -0.376. The SMILES string of the molecule is CCOCCN1C(=O)C(C)(CC)NC1C1CCCC1. The third kappa shape index (κ3) is 2.95. The van der Waals surface area contributed by atoms with Crippen LogP contribution in [0, 0.1) is 5.92 Å². The Morgan fingerprint density at radius 1 is 1.37 bits per heavy atom. The van der Waals surface area contributed by atoms with Crippen molar-refractivity contribution in [2.24, 2.45) is 5.92 Å². The first-order chi connectivity index (χ1) is 9.12. The third-order valence-corrected chi connectivity index (χ3v) is 4.77. The molecule has 2 fully saturated rings. The summed E-state index contributed by atoms with van der Waals surface area (Å²) in [6.45, 7) is 8.20. The molecule has 1 saturated heterocycles. The summed E-state index contributed by atoms with van der Waals surface area (Å²) in [6, 6.07) is 0. The molecule has 19 heavy (non-hydrogen) atoms. The summed E-state index contributed by atoms with van der Waals surface area (Å²) in [7, 11) is 0. The van der Waals surface area contributed by atoms with E-state index in [0.29, 0.717) is 19.1 Å². The highest BCUT2D eigenvalue weighted by atomic mass is 16.5. The molecule has 1 heterocycles. The molecule has 2 atom stereocenters. The standard InChI is InChI=1S/C15H28N2O2/c1-4-15(3)14(18)17(10-11-19-5-2)13(16-15)12-8-6-7-9-12/h12-13,16H,4-11H2,1-3H3. The largest absolute Gasteiger partial charge is 0.380 e. The monoisotopic (exact) mass is 268 g/mol. The molecule has 1 saturated carbocycles. The molecule has 1 aliphatic carbocycles. The van der Waals surface area contributed by atoms with Crippen molar-refractivity contribution in [3.05, 3.63) is 0 Å². The van der Waals surface area contributed by atoms with E-state index in [2.05, 4.69) is 12.2 Å². The first kappa shape index (κ1) is 14.8. The zero-order valence-corrected chi connectivity index (χ0v) is 12.6. The molecule has 1 amide bonds. The third-order valence-electron chi connectivity index (χ3n) is 4.77. The summed E-state index contributed by atoms with van der Waals surface area (Å²) in [5, 5.41) is 3.61. The highest BCUT2D eigenvalue weighted by molar-refractivity contribution is 5.88. The molecule has 2 rings (SSSR count). The van der Waals surface area contributed by atoms with Gasteiger partial charge in [0.1, 0.15) is 0 Å². The van der Waals surface area contributed by atoms with Crippen LogP contribution >= 0.6 is 0 Å². The number of amides is 1. The Bertz CT molecular complexity index is 315. The van der Waals surface area contributed by atoms with Crippen LogP contribution in [0.25, 0.3) is 0 Å². The van der Waals surface area contributed by atoms with Crippen molar-refractivity contribution in [3.63, 3.8) is 0 Å². The molecule has 0 aromatic rings. The number of hydrogen-bond donors (Lipinski definition) is 1. The van der Waals surface area contributed by atoms with Crippen molar-refractivity contribution >= 4 is 5.91 Å². The normalized spacial score (nSPS) is 32.5. The molecule has 0 radical (unpaired) electrons. The Balaban J connectivity index is 2.06. The van der Waals surface area contributed by atoms with E-state index in [4.69, 9.17) is 4.74 Å². The number of nitrogens with one attached hydrogen (secondary N) is 1. The lowest BCUT2D eigenvalue weighted by Crippen LogP contribution is -2.45. The van der Waals surface area contributed by atoms with E-state index < -0.39 is 0 Å². The lowest BCUT2D eigenvalue weighted by molar-refractivity contribution is -0.134. The van der Waals surface area contributed by atoms with Gasteiger partial charge in [-0.2, -0.15) is 0 Å². The van der Waals surface area contributed by atoms with Gasteiger partial charge in [0.15, 0.2) is 0 Å². The minimum Gasteiger partial charge on any atom is -0.380 e. The number of carbonyl (C=O) groups excluding carboxylic acids is 1. The summed E-state index contributed by atoms with van der Waals surface area (Å²) in [5.74, 6) is 0.880. The molecule has 1 aliphatic heterocycles. The Hall–Kier alpha value is -0.610. The van der Waals surface area contributed by atoms with Gasteiger partial charge in [-0.15, -0.1) is 0 Å². The van der Waals surface area contributed by atoms with Gasteiger partial charge in [-0.25, -0.2) is 0 Å². The maximum absolute atomic E-state index is 12.6. The zero-order valence-electron chi connectivity index (χ0n) is 12.6. The van der Waals surface area contributed by atoms with E-state index in [1.54, 1.807) is 0 Å². The second-order valence-electron chi connectivity index (χ2n) is 6.01. The highest BCUT2D eigenvalue weighted by Crippen LogP contribution is 2.35. The maximum atomic E-state index is 12.6. The number of ether oxygens (including phenoxy) is 1.